The van der Waals surface area contributed by atoms with Crippen LogP contribution in [0.15, 0.2) is 18.2 Å². The van der Waals surface area contributed by atoms with Gasteiger partial charge in [-0.2, -0.15) is 11.8 Å². The highest BCUT2D eigenvalue weighted by molar-refractivity contribution is 7.98. The van der Waals surface area contributed by atoms with Crippen molar-refractivity contribution in [3.8, 4) is 0 Å². The van der Waals surface area contributed by atoms with Crippen LogP contribution in [-0.2, 0) is 4.79 Å². The number of hydrogen-bond donors (Lipinski definition) is 3. The Morgan fingerprint density at radius 1 is 1.45 bits per heavy atom. The molecule has 110 valence electrons. The highest BCUT2D eigenvalue weighted by atomic mass is 35.5. The minimum Gasteiger partial charge on any atom is -0.352 e. The van der Waals surface area contributed by atoms with Crippen LogP contribution in [0.4, 0.5) is 10.5 Å². The van der Waals surface area contributed by atoms with Crippen molar-refractivity contribution in [2.75, 3.05) is 17.3 Å². The number of carbonyl (C=O) groups is 2. The fraction of sp³-hybridized carbons (Fsp3) is 0.385. The lowest BCUT2D eigenvalue weighted by molar-refractivity contribution is -0.117. The predicted octanol–water partition coefficient (Wildman–Crippen LogP) is 2.38. The van der Waals surface area contributed by atoms with Crippen LogP contribution in [0, 0.1) is 6.92 Å². The minimum atomic E-state index is -0.715. The molecule has 0 fully saturated rings. The SMILES string of the molecule is CSCCC(NC(N)=O)C(=O)Nc1ccc(C)c(Cl)c1. The van der Waals surface area contributed by atoms with E-state index in [2.05, 4.69) is 10.6 Å². The number of aryl methyl sites for hydroxylation is 1. The number of primary amides is 1. The van der Waals surface area contributed by atoms with E-state index in [0.717, 1.165) is 11.3 Å². The summed E-state index contributed by atoms with van der Waals surface area (Å²) in [7, 11) is 0. The Bertz CT molecular complexity index is 497. The topological polar surface area (TPSA) is 84.2 Å². The van der Waals surface area contributed by atoms with Crippen LogP contribution in [0.25, 0.3) is 0 Å². The van der Waals surface area contributed by atoms with Crippen LogP contribution in [0.5, 0.6) is 0 Å². The van der Waals surface area contributed by atoms with Gasteiger partial charge in [-0.25, -0.2) is 4.79 Å². The molecule has 0 spiro atoms. The van der Waals surface area contributed by atoms with E-state index in [1.54, 1.807) is 23.9 Å². The third-order valence-corrected chi connectivity index (χ3v) is 3.73. The molecule has 0 aromatic heterocycles. The Kier molecular flexibility index (Phi) is 6.67. The molecule has 5 nitrogen and oxygen atoms in total. The van der Waals surface area contributed by atoms with Gasteiger partial charge < -0.3 is 16.4 Å². The molecule has 0 aliphatic heterocycles. The van der Waals surface area contributed by atoms with Gasteiger partial charge in [-0.3, -0.25) is 4.79 Å². The number of hydrogen-bond acceptors (Lipinski definition) is 3. The lowest BCUT2D eigenvalue weighted by atomic mass is 10.2. The zero-order valence-electron chi connectivity index (χ0n) is 11.4. The highest BCUT2D eigenvalue weighted by Gasteiger charge is 2.19. The van der Waals surface area contributed by atoms with E-state index in [0.29, 0.717) is 17.1 Å². The minimum absolute atomic E-state index is 0.308. The largest absolute Gasteiger partial charge is 0.352 e. The van der Waals surface area contributed by atoms with Gasteiger partial charge in [0.25, 0.3) is 0 Å². The molecular weight excluding hydrogens is 298 g/mol. The molecule has 0 saturated carbocycles. The Labute approximate surface area is 127 Å². The molecule has 0 radical (unpaired) electrons. The molecule has 0 saturated heterocycles. The molecular formula is C13H18ClN3O2S. The molecule has 20 heavy (non-hydrogen) atoms. The number of carbonyl (C=O) groups excluding carboxylic acids is 2. The zero-order valence-corrected chi connectivity index (χ0v) is 13.0. The molecule has 1 atom stereocenters. The predicted molar refractivity (Wildman–Crippen MR) is 84.3 cm³/mol. The average Bonchev–Trinajstić information content (AvgIpc) is 2.38. The van der Waals surface area contributed by atoms with Crippen molar-refractivity contribution < 1.29 is 9.59 Å². The number of halogens is 1. The maximum atomic E-state index is 12.1. The van der Waals surface area contributed by atoms with Crippen LogP contribution >= 0.6 is 23.4 Å². The summed E-state index contributed by atoms with van der Waals surface area (Å²) in [6, 6.07) is 3.88. The van der Waals surface area contributed by atoms with Gasteiger partial charge in [-0.1, -0.05) is 17.7 Å². The normalized spacial score (nSPS) is 11.8. The molecule has 0 heterocycles. The summed E-state index contributed by atoms with van der Waals surface area (Å²) in [5, 5.41) is 5.74. The summed E-state index contributed by atoms with van der Waals surface area (Å²) in [6.45, 7) is 1.88. The van der Waals surface area contributed by atoms with Gasteiger partial charge in [0, 0.05) is 10.7 Å². The van der Waals surface area contributed by atoms with E-state index in [-0.39, 0.29) is 5.91 Å². The van der Waals surface area contributed by atoms with Gasteiger partial charge in [-0.15, -0.1) is 0 Å². The number of thioether (sulfide) groups is 1. The highest BCUT2D eigenvalue weighted by Crippen LogP contribution is 2.20. The van der Waals surface area contributed by atoms with Gasteiger partial charge in [0.2, 0.25) is 5.91 Å². The Morgan fingerprint density at radius 2 is 2.15 bits per heavy atom. The summed E-state index contributed by atoms with van der Waals surface area (Å²) < 4.78 is 0. The van der Waals surface area contributed by atoms with Gasteiger partial charge in [0.1, 0.15) is 6.04 Å². The fourth-order valence-electron chi connectivity index (χ4n) is 1.58. The summed E-state index contributed by atoms with van der Waals surface area (Å²) in [5.74, 6) is 0.435. The van der Waals surface area contributed by atoms with Crippen LogP contribution in [0.3, 0.4) is 0 Å². The van der Waals surface area contributed by atoms with Crippen molar-refractivity contribution in [3.05, 3.63) is 28.8 Å². The zero-order chi connectivity index (χ0) is 15.1. The van der Waals surface area contributed by atoms with Gasteiger partial charge in [0.15, 0.2) is 0 Å². The second-order valence-corrected chi connectivity index (χ2v) is 5.69. The first-order chi connectivity index (χ1) is 9.43. The van der Waals surface area contributed by atoms with E-state index in [4.69, 9.17) is 17.3 Å². The molecule has 1 rings (SSSR count). The smallest absolute Gasteiger partial charge is 0.312 e. The fourth-order valence-corrected chi connectivity index (χ4v) is 2.23. The number of anilines is 1. The van der Waals surface area contributed by atoms with Gasteiger partial charge in [0.05, 0.1) is 0 Å². The number of urea groups is 1. The summed E-state index contributed by atoms with van der Waals surface area (Å²) in [6.07, 6.45) is 2.44. The molecule has 1 aromatic carbocycles. The van der Waals surface area contributed by atoms with Crippen LogP contribution < -0.4 is 16.4 Å². The Balaban J connectivity index is 2.73. The maximum absolute atomic E-state index is 12.1. The number of nitrogens with two attached hydrogens (primary N) is 1. The summed E-state index contributed by atoms with van der Waals surface area (Å²) in [5.41, 5.74) is 6.60. The molecule has 7 heteroatoms. The molecule has 1 aromatic rings. The van der Waals surface area contributed by atoms with E-state index < -0.39 is 12.1 Å². The second-order valence-electron chi connectivity index (χ2n) is 4.30. The van der Waals surface area contributed by atoms with Crippen molar-refractivity contribution in [3.63, 3.8) is 0 Å². The monoisotopic (exact) mass is 315 g/mol. The first-order valence-electron chi connectivity index (χ1n) is 6.06. The van der Waals surface area contributed by atoms with Crippen LogP contribution in [0.1, 0.15) is 12.0 Å². The Hall–Kier alpha value is -1.40. The number of amides is 3. The lowest BCUT2D eigenvalue weighted by Crippen LogP contribution is -2.46. The summed E-state index contributed by atoms with van der Waals surface area (Å²) in [4.78, 5) is 23.0. The molecule has 0 aliphatic carbocycles. The maximum Gasteiger partial charge on any atom is 0.312 e. The van der Waals surface area contributed by atoms with Crippen molar-refractivity contribution >= 4 is 41.0 Å². The second kappa shape index (κ2) is 8.01. The van der Waals surface area contributed by atoms with Crippen molar-refractivity contribution in [1.29, 1.82) is 0 Å². The molecule has 1 unspecified atom stereocenters. The third-order valence-electron chi connectivity index (χ3n) is 2.68. The first kappa shape index (κ1) is 16.7. The molecule has 0 bridgehead atoms. The Morgan fingerprint density at radius 3 is 2.70 bits per heavy atom. The van der Waals surface area contributed by atoms with Crippen molar-refractivity contribution in [1.82, 2.24) is 5.32 Å². The standard InChI is InChI=1S/C13H18ClN3O2S/c1-8-3-4-9(7-10(8)14)16-12(18)11(5-6-20-2)17-13(15)19/h3-4,7,11H,5-6H2,1-2H3,(H,16,18)(H3,15,17,19). The van der Waals surface area contributed by atoms with Crippen molar-refractivity contribution in [2.45, 2.75) is 19.4 Å². The molecule has 3 amide bonds. The van der Waals surface area contributed by atoms with Gasteiger partial charge >= 0.3 is 6.03 Å². The number of rotatable bonds is 6. The molecule has 0 aliphatic rings. The first-order valence-corrected chi connectivity index (χ1v) is 7.83. The van der Waals surface area contributed by atoms with Gasteiger partial charge in [-0.05, 0) is 43.0 Å². The van der Waals surface area contributed by atoms with E-state index in [1.165, 1.54) is 0 Å². The number of nitrogens with one attached hydrogen (secondary N) is 2. The summed E-state index contributed by atoms with van der Waals surface area (Å²) >= 11 is 7.59. The average molecular weight is 316 g/mol. The molecule has 4 N–H and O–H groups in total. The lowest BCUT2D eigenvalue weighted by Gasteiger charge is -2.17. The van der Waals surface area contributed by atoms with E-state index in [9.17, 15) is 9.59 Å². The quantitative estimate of drug-likeness (QED) is 0.753. The van der Waals surface area contributed by atoms with E-state index >= 15 is 0 Å². The number of benzene rings is 1. The van der Waals surface area contributed by atoms with Crippen LogP contribution in [0.2, 0.25) is 5.02 Å². The van der Waals surface area contributed by atoms with E-state index in [1.807, 2.05) is 19.2 Å². The third kappa shape index (κ3) is 5.30. The van der Waals surface area contributed by atoms with Crippen molar-refractivity contribution in [2.24, 2.45) is 5.73 Å². The van der Waals surface area contributed by atoms with Crippen LogP contribution in [-0.4, -0.2) is 30.0 Å².